The van der Waals surface area contributed by atoms with Gasteiger partial charge in [-0.25, -0.2) is 0 Å². The molecule has 3 heteroatoms. The number of nitrogens with one attached hydrogen (secondary N) is 2. The second-order valence-corrected chi connectivity index (χ2v) is 4.47. The Morgan fingerprint density at radius 1 is 1.38 bits per heavy atom. The van der Waals surface area contributed by atoms with Crippen molar-refractivity contribution in [3.8, 4) is 5.75 Å². The molecule has 1 fully saturated rings. The topological polar surface area (TPSA) is 44.3 Å². The highest BCUT2D eigenvalue weighted by Gasteiger charge is 2.12. The van der Waals surface area contributed by atoms with E-state index in [1.165, 1.54) is 12.8 Å². The summed E-state index contributed by atoms with van der Waals surface area (Å²) in [4.78, 5) is 0. The van der Waals surface area contributed by atoms with Gasteiger partial charge in [0, 0.05) is 12.1 Å². The molecule has 1 unspecified atom stereocenters. The molecule has 0 aromatic heterocycles. The molecule has 1 aromatic rings. The third-order valence-electron chi connectivity index (χ3n) is 3.14. The highest BCUT2D eigenvalue weighted by atomic mass is 16.3. The van der Waals surface area contributed by atoms with E-state index in [0.717, 1.165) is 37.7 Å². The van der Waals surface area contributed by atoms with E-state index in [0.29, 0.717) is 5.75 Å². The molecule has 0 saturated carbocycles. The van der Waals surface area contributed by atoms with Gasteiger partial charge in [0.25, 0.3) is 0 Å². The minimum atomic E-state index is 0.386. The summed E-state index contributed by atoms with van der Waals surface area (Å²) in [5.74, 6) is 1.12. The molecule has 0 radical (unpaired) electrons. The van der Waals surface area contributed by atoms with E-state index in [2.05, 4.69) is 10.6 Å². The van der Waals surface area contributed by atoms with E-state index < -0.39 is 0 Å². The van der Waals surface area contributed by atoms with Gasteiger partial charge in [0.05, 0.1) is 0 Å². The number of benzene rings is 1. The van der Waals surface area contributed by atoms with Gasteiger partial charge in [0.1, 0.15) is 5.75 Å². The van der Waals surface area contributed by atoms with Crippen molar-refractivity contribution in [2.75, 3.05) is 19.6 Å². The summed E-state index contributed by atoms with van der Waals surface area (Å²) in [6.45, 7) is 4.06. The fourth-order valence-corrected chi connectivity index (χ4v) is 2.17. The van der Waals surface area contributed by atoms with Gasteiger partial charge in [-0.3, -0.25) is 0 Å². The normalized spacial score (nSPS) is 20.9. The van der Waals surface area contributed by atoms with Gasteiger partial charge in [-0.15, -0.1) is 0 Å². The number of aromatic hydroxyl groups is 1. The zero-order chi connectivity index (χ0) is 11.2. The van der Waals surface area contributed by atoms with Gasteiger partial charge in [-0.2, -0.15) is 0 Å². The fraction of sp³-hybridized carbons (Fsp3) is 0.538. The van der Waals surface area contributed by atoms with Crippen LogP contribution in [0.2, 0.25) is 0 Å². The standard InChI is InChI=1S/C13H20N2O/c16-13-6-2-1-5-12(13)10-15-9-11-4-3-7-14-8-11/h1-2,5-6,11,14-16H,3-4,7-10H2. The SMILES string of the molecule is Oc1ccccc1CNCC1CCCNC1. The van der Waals surface area contributed by atoms with Gasteiger partial charge in [0.2, 0.25) is 0 Å². The molecule has 1 saturated heterocycles. The predicted octanol–water partition coefficient (Wildman–Crippen LogP) is 1.48. The second kappa shape index (κ2) is 5.87. The van der Waals surface area contributed by atoms with Crippen LogP contribution in [0.15, 0.2) is 24.3 Å². The van der Waals surface area contributed by atoms with Crippen molar-refractivity contribution >= 4 is 0 Å². The number of piperidine rings is 1. The predicted molar refractivity (Wildman–Crippen MR) is 65.4 cm³/mol. The van der Waals surface area contributed by atoms with Gasteiger partial charge in [0.15, 0.2) is 0 Å². The Bertz CT molecular complexity index is 321. The number of para-hydroxylation sites is 1. The summed E-state index contributed by atoms with van der Waals surface area (Å²) in [7, 11) is 0. The summed E-state index contributed by atoms with van der Waals surface area (Å²) in [5.41, 5.74) is 0.978. The Hall–Kier alpha value is -1.06. The lowest BCUT2D eigenvalue weighted by Gasteiger charge is -2.23. The largest absolute Gasteiger partial charge is 0.508 e. The van der Waals surface area contributed by atoms with E-state index >= 15 is 0 Å². The summed E-state index contributed by atoms with van der Waals surface area (Å²) in [5, 5.41) is 16.4. The van der Waals surface area contributed by atoms with Crippen molar-refractivity contribution in [1.82, 2.24) is 10.6 Å². The minimum Gasteiger partial charge on any atom is -0.508 e. The number of phenolic OH excluding ortho intramolecular Hbond substituents is 1. The maximum Gasteiger partial charge on any atom is 0.120 e. The molecule has 1 aromatic carbocycles. The summed E-state index contributed by atoms with van der Waals surface area (Å²) < 4.78 is 0. The average molecular weight is 220 g/mol. The maximum absolute atomic E-state index is 9.60. The van der Waals surface area contributed by atoms with Crippen molar-refractivity contribution in [3.63, 3.8) is 0 Å². The molecule has 0 aliphatic carbocycles. The number of hydrogen-bond donors (Lipinski definition) is 3. The van der Waals surface area contributed by atoms with E-state index in [4.69, 9.17) is 0 Å². The van der Waals surface area contributed by atoms with Crippen molar-refractivity contribution < 1.29 is 5.11 Å². The fourth-order valence-electron chi connectivity index (χ4n) is 2.17. The molecule has 0 spiro atoms. The molecule has 88 valence electrons. The van der Waals surface area contributed by atoms with Gasteiger partial charge >= 0.3 is 0 Å². The maximum atomic E-state index is 9.60. The zero-order valence-electron chi connectivity index (χ0n) is 9.58. The van der Waals surface area contributed by atoms with Crippen LogP contribution in [0.5, 0.6) is 5.75 Å². The lowest BCUT2D eigenvalue weighted by molar-refractivity contribution is 0.358. The van der Waals surface area contributed by atoms with Crippen LogP contribution < -0.4 is 10.6 Å². The molecule has 1 atom stereocenters. The highest BCUT2D eigenvalue weighted by Crippen LogP contribution is 2.15. The van der Waals surface area contributed by atoms with Crippen LogP contribution >= 0.6 is 0 Å². The van der Waals surface area contributed by atoms with Crippen molar-refractivity contribution in [3.05, 3.63) is 29.8 Å². The van der Waals surface area contributed by atoms with Gasteiger partial charge in [-0.1, -0.05) is 18.2 Å². The molecule has 3 nitrogen and oxygen atoms in total. The van der Waals surface area contributed by atoms with Crippen molar-refractivity contribution in [2.45, 2.75) is 19.4 Å². The highest BCUT2D eigenvalue weighted by molar-refractivity contribution is 5.31. The molecule has 1 heterocycles. The van der Waals surface area contributed by atoms with Crippen LogP contribution in [0, 0.1) is 5.92 Å². The first-order chi connectivity index (χ1) is 7.86. The quantitative estimate of drug-likeness (QED) is 0.720. The van der Waals surface area contributed by atoms with Crippen LogP contribution in [0.1, 0.15) is 18.4 Å². The smallest absolute Gasteiger partial charge is 0.120 e. The first kappa shape index (κ1) is 11.4. The molecular weight excluding hydrogens is 200 g/mol. The van der Waals surface area contributed by atoms with Gasteiger partial charge in [-0.05, 0) is 44.5 Å². The van der Waals surface area contributed by atoms with Crippen LogP contribution in [0.4, 0.5) is 0 Å². The van der Waals surface area contributed by atoms with Gasteiger partial charge < -0.3 is 15.7 Å². The Kier molecular flexibility index (Phi) is 4.19. The molecule has 0 amide bonds. The minimum absolute atomic E-state index is 0.386. The first-order valence-electron chi connectivity index (χ1n) is 6.04. The molecule has 16 heavy (non-hydrogen) atoms. The summed E-state index contributed by atoms with van der Waals surface area (Å²) in [6, 6.07) is 7.50. The molecule has 3 N–H and O–H groups in total. The van der Waals surface area contributed by atoms with Crippen molar-refractivity contribution in [2.24, 2.45) is 5.92 Å². The number of hydrogen-bond acceptors (Lipinski definition) is 3. The summed E-state index contributed by atoms with van der Waals surface area (Å²) >= 11 is 0. The second-order valence-electron chi connectivity index (χ2n) is 4.47. The first-order valence-corrected chi connectivity index (χ1v) is 6.04. The Labute approximate surface area is 96.9 Å². The average Bonchev–Trinajstić information content (AvgIpc) is 2.33. The van der Waals surface area contributed by atoms with E-state index in [1.807, 2.05) is 18.2 Å². The van der Waals surface area contributed by atoms with Crippen LogP contribution in [-0.2, 0) is 6.54 Å². The molecule has 2 rings (SSSR count). The lowest BCUT2D eigenvalue weighted by atomic mass is 10.00. The lowest BCUT2D eigenvalue weighted by Crippen LogP contribution is -2.35. The van der Waals surface area contributed by atoms with Crippen LogP contribution in [0.3, 0.4) is 0 Å². The molecular formula is C13H20N2O. The summed E-state index contributed by atoms with van der Waals surface area (Å²) in [6.07, 6.45) is 2.59. The molecule has 0 bridgehead atoms. The van der Waals surface area contributed by atoms with E-state index in [9.17, 15) is 5.11 Å². The third-order valence-corrected chi connectivity index (χ3v) is 3.14. The number of phenols is 1. The van der Waals surface area contributed by atoms with E-state index in [1.54, 1.807) is 6.07 Å². The monoisotopic (exact) mass is 220 g/mol. The number of rotatable bonds is 4. The van der Waals surface area contributed by atoms with Crippen molar-refractivity contribution in [1.29, 1.82) is 0 Å². The van der Waals surface area contributed by atoms with E-state index in [-0.39, 0.29) is 0 Å². The molecule has 1 aliphatic heterocycles. The molecule has 1 aliphatic rings. The Morgan fingerprint density at radius 2 is 2.25 bits per heavy atom. The Morgan fingerprint density at radius 3 is 3.00 bits per heavy atom. The van der Waals surface area contributed by atoms with Crippen LogP contribution in [0.25, 0.3) is 0 Å². The Balaban J connectivity index is 1.73. The zero-order valence-corrected chi connectivity index (χ0v) is 9.58. The van der Waals surface area contributed by atoms with Crippen LogP contribution in [-0.4, -0.2) is 24.7 Å². The third kappa shape index (κ3) is 3.22.